The molecule has 2 aromatic rings. The smallest absolute Gasteiger partial charge is 0.198 e. The molecule has 0 aliphatic carbocycles. The van der Waals surface area contributed by atoms with Crippen LogP contribution in [-0.4, -0.2) is 23.6 Å². The number of aryl methyl sites for hydroxylation is 1. The highest BCUT2D eigenvalue weighted by Gasteiger charge is 2.16. The van der Waals surface area contributed by atoms with E-state index in [9.17, 15) is 0 Å². The number of halogens is 1. The number of ether oxygens (including phenoxy) is 1. The van der Waals surface area contributed by atoms with Gasteiger partial charge in [-0.15, -0.1) is 0 Å². The molecule has 0 saturated heterocycles. The Hall–Kier alpha value is -1.40. The average molecular weight is 340 g/mol. The topological polar surface area (TPSA) is 60.2 Å². The molecule has 0 aliphatic heterocycles. The van der Waals surface area contributed by atoms with Crippen molar-refractivity contribution in [2.24, 2.45) is 0 Å². The minimum Gasteiger partial charge on any atom is -0.461 e. The van der Waals surface area contributed by atoms with Crippen molar-refractivity contribution in [3.8, 4) is 11.6 Å². The van der Waals surface area contributed by atoms with Crippen molar-refractivity contribution in [2.75, 3.05) is 19.0 Å². The van der Waals surface area contributed by atoms with E-state index in [1.54, 1.807) is 13.4 Å². The molecule has 0 fully saturated rings. The zero-order valence-electron chi connectivity index (χ0n) is 11.9. The maximum absolute atomic E-state index is 5.47. The van der Waals surface area contributed by atoms with E-state index in [1.807, 2.05) is 13.0 Å². The van der Waals surface area contributed by atoms with Crippen LogP contribution in [0.4, 0.5) is 5.82 Å². The van der Waals surface area contributed by atoms with Crippen molar-refractivity contribution in [1.82, 2.24) is 9.97 Å². The molecule has 0 spiro atoms. The Kier molecular flexibility index (Phi) is 5.14. The summed E-state index contributed by atoms with van der Waals surface area (Å²) >= 11 is 3.53. The van der Waals surface area contributed by atoms with Gasteiger partial charge in [0.2, 0.25) is 0 Å². The van der Waals surface area contributed by atoms with Crippen LogP contribution >= 0.6 is 15.9 Å². The summed E-state index contributed by atoms with van der Waals surface area (Å²) in [6.07, 6.45) is 2.66. The summed E-state index contributed by atoms with van der Waals surface area (Å²) in [5.41, 5.74) is 1.81. The van der Waals surface area contributed by atoms with Gasteiger partial charge in [-0.1, -0.05) is 6.92 Å². The maximum Gasteiger partial charge on any atom is 0.198 e. The summed E-state index contributed by atoms with van der Waals surface area (Å²) in [6.45, 7) is 5.34. The molecule has 0 aliphatic rings. The molecule has 0 unspecified atom stereocenters. The number of rotatable bonds is 6. The van der Waals surface area contributed by atoms with Gasteiger partial charge in [-0.25, -0.2) is 9.97 Å². The van der Waals surface area contributed by atoms with Crippen molar-refractivity contribution in [3.63, 3.8) is 0 Å². The minimum atomic E-state index is 0.413. The number of anilines is 1. The van der Waals surface area contributed by atoms with Crippen LogP contribution in [0.25, 0.3) is 11.6 Å². The van der Waals surface area contributed by atoms with Crippen LogP contribution in [0.1, 0.15) is 24.6 Å². The summed E-state index contributed by atoms with van der Waals surface area (Å²) in [6, 6.07) is 1.90. The predicted molar refractivity (Wildman–Crippen MR) is 81.7 cm³/mol. The van der Waals surface area contributed by atoms with Gasteiger partial charge < -0.3 is 14.5 Å². The number of furan rings is 1. The van der Waals surface area contributed by atoms with Crippen molar-refractivity contribution in [1.29, 1.82) is 0 Å². The first kappa shape index (κ1) is 15.0. The Balaban J connectivity index is 2.46. The van der Waals surface area contributed by atoms with E-state index >= 15 is 0 Å². The molecule has 20 heavy (non-hydrogen) atoms. The van der Waals surface area contributed by atoms with Crippen molar-refractivity contribution in [2.45, 2.75) is 26.9 Å². The average Bonchev–Trinajstić information content (AvgIpc) is 2.86. The van der Waals surface area contributed by atoms with E-state index < -0.39 is 0 Å². The lowest BCUT2D eigenvalue weighted by Crippen LogP contribution is -2.08. The molecular weight excluding hydrogens is 322 g/mol. The molecule has 0 amide bonds. The number of hydrogen-bond acceptors (Lipinski definition) is 5. The number of methoxy groups -OCH3 is 1. The number of nitrogens with one attached hydrogen (secondary N) is 1. The molecule has 0 radical (unpaired) electrons. The summed E-state index contributed by atoms with van der Waals surface area (Å²) in [5.74, 6) is 2.02. The second kappa shape index (κ2) is 6.85. The molecule has 6 heteroatoms. The van der Waals surface area contributed by atoms with Gasteiger partial charge in [0.25, 0.3) is 0 Å². The van der Waals surface area contributed by atoms with Crippen LogP contribution in [-0.2, 0) is 11.3 Å². The van der Waals surface area contributed by atoms with Gasteiger partial charge in [-0.2, -0.15) is 0 Å². The summed E-state index contributed by atoms with van der Waals surface area (Å²) in [7, 11) is 1.64. The Bertz CT molecular complexity index is 584. The molecular formula is C14H18BrN3O2. The molecule has 2 aromatic heterocycles. The predicted octanol–water partition coefficient (Wildman–Crippen LogP) is 3.78. The van der Waals surface area contributed by atoms with E-state index in [1.165, 1.54) is 0 Å². The molecule has 0 bridgehead atoms. The normalized spacial score (nSPS) is 10.8. The fourth-order valence-electron chi connectivity index (χ4n) is 1.79. The second-order valence-corrected chi connectivity index (χ2v) is 5.24. The van der Waals surface area contributed by atoms with Crippen LogP contribution in [0.15, 0.2) is 21.2 Å². The Morgan fingerprint density at radius 1 is 1.40 bits per heavy atom. The van der Waals surface area contributed by atoms with Crippen LogP contribution in [0.2, 0.25) is 0 Å². The zero-order valence-corrected chi connectivity index (χ0v) is 13.5. The lowest BCUT2D eigenvalue weighted by molar-refractivity contribution is 0.181. The first-order valence-corrected chi connectivity index (χ1v) is 7.30. The van der Waals surface area contributed by atoms with Crippen molar-refractivity contribution >= 4 is 21.7 Å². The third-order valence-electron chi connectivity index (χ3n) is 2.81. The van der Waals surface area contributed by atoms with Crippen LogP contribution in [0.3, 0.4) is 0 Å². The molecule has 0 aromatic carbocycles. The highest BCUT2D eigenvalue weighted by Crippen LogP contribution is 2.29. The summed E-state index contributed by atoms with van der Waals surface area (Å²) in [5, 5.41) is 3.29. The van der Waals surface area contributed by atoms with Gasteiger partial charge in [0.05, 0.1) is 23.0 Å². The van der Waals surface area contributed by atoms with Crippen LogP contribution < -0.4 is 5.32 Å². The van der Waals surface area contributed by atoms with Gasteiger partial charge in [0.1, 0.15) is 5.82 Å². The summed E-state index contributed by atoms with van der Waals surface area (Å²) in [4.78, 5) is 9.05. The Morgan fingerprint density at radius 3 is 2.80 bits per heavy atom. The third kappa shape index (κ3) is 3.19. The van der Waals surface area contributed by atoms with E-state index in [2.05, 4.69) is 38.1 Å². The first-order chi connectivity index (χ1) is 9.67. The van der Waals surface area contributed by atoms with Crippen molar-refractivity contribution < 1.29 is 9.15 Å². The second-order valence-electron chi connectivity index (χ2n) is 4.45. The fraction of sp³-hybridized carbons (Fsp3) is 0.429. The molecule has 0 atom stereocenters. The van der Waals surface area contributed by atoms with E-state index in [0.29, 0.717) is 18.2 Å². The lowest BCUT2D eigenvalue weighted by atomic mass is 10.2. The van der Waals surface area contributed by atoms with E-state index in [4.69, 9.17) is 9.15 Å². The SMILES string of the molecule is CCCNc1nc(-c2occc2C)nc(COC)c1Br. The highest BCUT2D eigenvalue weighted by molar-refractivity contribution is 9.10. The minimum absolute atomic E-state index is 0.413. The largest absolute Gasteiger partial charge is 0.461 e. The molecule has 108 valence electrons. The molecule has 5 nitrogen and oxygen atoms in total. The standard InChI is InChI=1S/C14H18BrN3O2/c1-4-6-16-13-11(15)10(8-19-3)17-14(18-13)12-9(2)5-7-20-12/h5,7H,4,6,8H2,1-3H3,(H,16,17,18). The quantitative estimate of drug-likeness (QED) is 0.867. The summed E-state index contributed by atoms with van der Waals surface area (Å²) < 4.78 is 11.5. The number of aromatic nitrogens is 2. The molecule has 2 rings (SSSR count). The van der Waals surface area contributed by atoms with E-state index in [-0.39, 0.29) is 0 Å². The van der Waals surface area contributed by atoms with Gasteiger partial charge in [0, 0.05) is 13.7 Å². The van der Waals surface area contributed by atoms with Crippen LogP contribution in [0, 0.1) is 6.92 Å². The molecule has 2 heterocycles. The highest BCUT2D eigenvalue weighted by atomic mass is 79.9. The maximum atomic E-state index is 5.47. The Labute approximate surface area is 126 Å². The van der Waals surface area contributed by atoms with E-state index in [0.717, 1.165) is 34.5 Å². The molecule has 0 saturated carbocycles. The monoisotopic (exact) mass is 339 g/mol. The van der Waals surface area contributed by atoms with Crippen LogP contribution in [0.5, 0.6) is 0 Å². The Morgan fingerprint density at radius 2 is 2.20 bits per heavy atom. The number of hydrogen-bond donors (Lipinski definition) is 1. The zero-order chi connectivity index (χ0) is 14.5. The lowest BCUT2D eigenvalue weighted by Gasteiger charge is -2.11. The first-order valence-electron chi connectivity index (χ1n) is 6.51. The molecule has 1 N–H and O–H groups in total. The van der Waals surface area contributed by atoms with Gasteiger partial charge in [-0.05, 0) is 40.9 Å². The van der Waals surface area contributed by atoms with Crippen molar-refractivity contribution in [3.05, 3.63) is 28.1 Å². The fourth-order valence-corrected chi connectivity index (χ4v) is 2.22. The van der Waals surface area contributed by atoms with Gasteiger partial charge in [-0.3, -0.25) is 0 Å². The van der Waals surface area contributed by atoms with Gasteiger partial charge in [0.15, 0.2) is 11.6 Å². The third-order valence-corrected chi connectivity index (χ3v) is 3.64. The van der Waals surface area contributed by atoms with Gasteiger partial charge >= 0.3 is 0 Å². The number of nitrogens with zero attached hydrogens (tertiary/aromatic N) is 2.